The maximum absolute atomic E-state index is 5.14. The molecule has 1 saturated carbocycles. The topological polar surface area (TPSA) is 34.1 Å². The second kappa shape index (κ2) is 6.48. The van der Waals surface area contributed by atoms with Crippen LogP contribution in [0.25, 0.3) is 0 Å². The zero-order valence-corrected chi connectivity index (χ0v) is 10.6. The molecular weight excluding hydrogens is 212 g/mol. The molecule has 1 N–H and O–H groups in total. The van der Waals surface area contributed by atoms with Gasteiger partial charge in [-0.3, -0.25) is 0 Å². The normalized spacial score (nSPS) is 18.2. The first-order valence-corrected chi connectivity index (χ1v) is 6.65. The third kappa shape index (κ3) is 3.91. The van der Waals surface area contributed by atoms with E-state index in [2.05, 4.69) is 10.3 Å². The van der Waals surface area contributed by atoms with Gasteiger partial charge in [0, 0.05) is 24.0 Å². The monoisotopic (exact) mass is 234 g/mol. The molecule has 3 heteroatoms. The van der Waals surface area contributed by atoms with Crippen molar-refractivity contribution in [3.63, 3.8) is 0 Å². The lowest BCUT2D eigenvalue weighted by Crippen LogP contribution is -2.20. The van der Waals surface area contributed by atoms with E-state index in [9.17, 15) is 0 Å². The van der Waals surface area contributed by atoms with Crippen molar-refractivity contribution in [1.82, 2.24) is 4.98 Å². The van der Waals surface area contributed by atoms with Crippen molar-refractivity contribution < 1.29 is 4.74 Å². The zero-order valence-electron chi connectivity index (χ0n) is 10.6. The van der Waals surface area contributed by atoms with Crippen LogP contribution in [-0.2, 0) is 0 Å². The third-order valence-electron chi connectivity index (χ3n) is 3.42. The van der Waals surface area contributed by atoms with Gasteiger partial charge in [-0.25, -0.2) is 4.98 Å². The fourth-order valence-electron chi connectivity index (χ4n) is 2.45. The summed E-state index contributed by atoms with van der Waals surface area (Å²) in [5, 5.41) is 3.60. The van der Waals surface area contributed by atoms with E-state index in [-0.39, 0.29) is 0 Å². The number of rotatable bonds is 3. The van der Waals surface area contributed by atoms with E-state index in [1.165, 1.54) is 44.9 Å². The Labute approximate surface area is 104 Å². The molecular formula is C14H22N2O. The van der Waals surface area contributed by atoms with Crippen LogP contribution in [0.4, 0.5) is 5.69 Å². The largest absolute Gasteiger partial charge is 0.481 e. The first kappa shape index (κ1) is 12.2. The van der Waals surface area contributed by atoms with E-state index < -0.39 is 0 Å². The highest BCUT2D eigenvalue weighted by molar-refractivity contribution is 5.45. The van der Waals surface area contributed by atoms with E-state index in [0.29, 0.717) is 11.9 Å². The number of nitrogens with zero attached hydrogens (tertiary/aromatic N) is 1. The van der Waals surface area contributed by atoms with Gasteiger partial charge in [0.2, 0.25) is 5.88 Å². The number of aromatic nitrogens is 1. The third-order valence-corrected chi connectivity index (χ3v) is 3.42. The van der Waals surface area contributed by atoms with Gasteiger partial charge in [0.05, 0.1) is 7.11 Å². The molecule has 0 radical (unpaired) electrons. The minimum absolute atomic E-state index is 0.613. The van der Waals surface area contributed by atoms with Gasteiger partial charge in [-0.1, -0.05) is 32.1 Å². The zero-order chi connectivity index (χ0) is 11.9. The highest BCUT2D eigenvalue weighted by atomic mass is 16.5. The van der Waals surface area contributed by atoms with Crippen LogP contribution < -0.4 is 10.1 Å². The van der Waals surface area contributed by atoms with Crippen molar-refractivity contribution in [2.45, 2.75) is 51.0 Å². The molecule has 1 aliphatic rings. The average molecular weight is 234 g/mol. The molecule has 1 heterocycles. The van der Waals surface area contributed by atoms with Crippen LogP contribution >= 0.6 is 0 Å². The van der Waals surface area contributed by atoms with Gasteiger partial charge in [-0.05, 0) is 18.9 Å². The summed E-state index contributed by atoms with van der Waals surface area (Å²) < 4.78 is 5.14. The Morgan fingerprint density at radius 2 is 1.88 bits per heavy atom. The summed E-state index contributed by atoms with van der Waals surface area (Å²) in [5.41, 5.74) is 1.13. The number of hydrogen-bond acceptors (Lipinski definition) is 3. The van der Waals surface area contributed by atoms with E-state index in [1.54, 1.807) is 13.3 Å². The number of pyridine rings is 1. The van der Waals surface area contributed by atoms with E-state index in [1.807, 2.05) is 12.1 Å². The maximum Gasteiger partial charge on any atom is 0.214 e. The van der Waals surface area contributed by atoms with Gasteiger partial charge < -0.3 is 10.1 Å². The molecule has 17 heavy (non-hydrogen) atoms. The number of methoxy groups -OCH3 is 1. The van der Waals surface area contributed by atoms with Gasteiger partial charge in [-0.2, -0.15) is 0 Å². The molecule has 0 aliphatic heterocycles. The summed E-state index contributed by atoms with van der Waals surface area (Å²) in [6, 6.07) is 4.60. The fraction of sp³-hybridized carbons (Fsp3) is 0.643. The molecule has 0 saturated heterocycles. The standard InChI is InChI=1S/C14H22N2O/c1-17-14-11-13(9-10-15-14)16-12-7-5-3-2-4-6-8-12/h9-12H,2-8H2,1H3,(H,15,16). The van der Waals surface area contributed by atoms with Crippen molar-refractivity contribution >= 4 is 5.69 Å². The molecule has 0 aromatic carbocycles. The molecule has 94 valence electrons. The van der Waals surface area contributed by atoms with Gasteiger partial charge in [0.15, 0.2) is 0 Å². The van der Waals surface area contributed by atoms with Crippen LogP contribution in [0.15, 0.2) is 18.3 Å². The van der Waals surface area contributed by atoms with Crippen molar-refractivity contribution in [2.75, 3.05) is 12.4 Å². The van der Waals surface area contributed by atoms with E-state index in [4.69, 9.17) is 4.74 Å². The summed E-state index contributed by atoms with van der Waals surface area (Å²) in [4.78, 5) is 4.12. The summed E-state index contributed by atoms with van der Waals surface area (Å²) in [5.74, 6) is 0.681. The van der Waals surface area contributed by atoms with E-state index >= 15 is 0 Å². The smallest absolute Gasteiger partial charge is 0.214 e. The molecule has 0 bridgehead atoms. The summed E-state index contributed by atoms with van der Waals surface area (Å²) >= 11 is 0. The predicted molar refractivity (Wildman–Crippen MR) is 70.5 cm³/mol. The molecule has 1 aromatic rings. The fourth-order valence-corrected chi connectivity index (χ4v) is 2.45. The Morgan fingerprint density at radius 1 is 1.18 bits per heavy atom. The Hall–Kier alpha value is -1.25. The maximum atomic E-state index is 5.14. The highest BCUT2D eigenvalue weighted by Crippen LogP contribution is 2.21. The molecule has 1 aliphatic carbocycles. The van der Waals surface area contributed by atoms with Crippen molar-refractivity contribution in [3.8, 4) is 5.88 Å². The van der Waals surface area contributed by atoms with Crippen LogP contribution in [0.1, 0.15) is 44.9 Å². The first-order valence-electron chi connectivity index (χ1n) is 6.65. The van der Waals surface area contributed by atoms with Crippen LogP contribution in [0.5, 0.6) is 5.88 Å². The molecule has 2 rings (SSSR count). The summed E-state index contributed by atoms with van der Waals surface area (Å²) in [6.07, 6.45) is 11.2. The minimum atomic E-state index is 0.613. The molecule has 0 spiro atoms. The van der Waals surface area contributed by atoms with Crippen LogP contribution in [0.3, 0.4) is 0 Å². The van der Waals surface area contributed by atoms with Gasteiger partial charge >= 0.3 is 0 Å². The molecule has 0 atom stereocenters. The first-order chi connectivity index (χ1) is 8.38. The summed E-state index contributed by atoms with van der Waals surface area (Å²) in [7, 11) is 1.65. The Morgan fingerprint density at radius 3 is 2.59 bits per heavy atom. The minimum Gasteiger partial charge on any atom is -0.481 e. The highest BCUT2D eigenvalue weighted by Gasteiger charge is 2.11. The van der Waals surface area contributed by atoms with Crippen molar-refractivity contribution in [3.05, 3.63) is 18.3 Å². The summed E-state index contributed by atoms with van der Waals surface area (Å²) in [6.45, 7) is 0. The lowest BCUT2D eigenvalue weighted by atomic mass is 9.96. The molecule has 1 aromatic heterocycles. The Balaban J connectivity index is 1.93. The predicted octanol–water partition coefficient (Wildman–Crippen LogP) is 3.62. The number of nitrogens with one attached hydrogen (secondary N) is 1. The second-order valence-corrected chi connectivity index (χ2v) is 4.77. The molecule has 3 nitrogen and oxygen atoms in total. The van der Waals surface area contributed by atoms with Gasteiger partial charge in [0.1, 0.15) is 0 Å². The van der Waals surface area contributed by atoms with Crippen LogP contribution in [-0.4, -0.2) is 18.1 Å². The lowest BCUT2D eigenvalue weighted by molar-refractivity contribution is 0.398. The van der Waals surface area contributed by atoms with E-state index in [0.717, 1.165) is 5.69 Å². The van der Waals surface area contributed by atoms with Crippen molar-refractivity contribution in [1.29, 1.82) is 0 Å². The SMILES string of the molecule is COc1cc(NC2CCCCCCC2)ccn1. The Kier molecular flexibility index (Phi) is 4.65. The van der Waals surface area contributed by atoms with Crippen molar-refractivity contribution in [2.24, 2.45) is 0 Å². The molecule has 0 unspecified atom stereocenters. The van der Waals surface area contributed by atoms with Gasteiger partial charge in [-0.15, -0.1) is 0 Å². The quantitative estimate of drug-likeness (QED) is 0.867. The second-order valence-electron chi connectivity index (χ2n) is 4.77. The van der Waals surface area contributed by atoms with Crippen LogP contribution in [0, 0.1) is 0 Å². The van der Waals surface area contributed by atoms with Crippen LogP contribution in [0.2, 0.25) is 0 Å². The molecule has 0 amide bonds. The molecule has 1 fully saturated rings. The lowest BCUT2D eigenvalue weighted by Gasteiger charge is -2.22. The number of hydrogen-bond donors (Lipinski definition) is 1. The Bertz CT molecular complexity index is 333. The average Bonchev–Trinajstić information content (AvgIpc) is 2.33. The number of ether oxygens (including phenoxy) is 1. The van der Waals surface area contributed by atoms with Gasteiger partial charge in [0.25, 0.3) is 0 Å². The number of anilines is 1.